The standard InChI is InChI=1S/C17H16N2O3S2.C16H19N3O3.C14H13NO4.2C9H13N3O3.C7H7NO4.C6H7NO2.2Gd.2H2O/c1-18-8-7-13(15(20)19-9-10-24-17(19)23)14(16(18)21)22-11-12-5-3-2-4-6-12;1-19-10-7-13(15(20)18-9-8-17)14(16(19)21)22-11-12-5-3-2-4-6-12;1-15-8-7-11(14(17)18)12(13(15)16)19-9-10-5-3-2-4-6-10;2*1-12-5-2-6(7(13)9(12)15)8(14)11-4-3-10;1-8-3-2-4(7(11)12)5(9)6(8)10;1-7-4-2-3-5(8)6(7)9;;;;/h2-8H,9-11H2,1H3;2-7,10H,8-9,11,17H2,1H3,(H,18,20);2-8H,9H2,1H3,(H,17,18);2*2,5,13H,3-4,10H2,1H3,(H,11,14);2-3,9H,1H3,(H,11,12);2-4,8H,1H3;;;2*1H2/q;;;;;;;;+3;;. The molecule has 4 amide bonds. The van der Waals surface area contributed by atoms with E-state index in [9.17, 15) is 72.5 Å². The fourth-order valence-corrected chi connectivity index (χ4v) is 10.7. The van der Waals surface area contributed by atoms with Gasteiger partial charge in [0, 0.05) is 184 Å². The number of hydrogen-bond acceptors (Lipinski definition) is 25. The monoisotopic (exact) mass is 1990 g/mol. The smallest absolute Gasteiger partial charge is 0.503 e. The third kappa shape index (κ3) is 31.7. The van der Waals surface area contributed by atoms with Crippen LogP contribution >= 0.6 is 24.0 Å². The van der Waals surface area contributed by atoms with Gasteiger partial charge in [-0.1, -0.05) is 115 Å². The van der Waals surface area contributed by atoms with E-state index in [1.54, 1.807) is 58.8 Å². The van der Waals surface area contributed by atoms with Crippen LogP contribution in [0, 0.1) is 79.9 Å². The molecule has 38 nitrogen and oxygen atoms in total. The maximum Gasteiger partial charge on any atom is 3.00 e. The number of aryl methyl sites for hydroxylation is 7. The van der Waals surface area contributed by atoms with Crippen molar-refractivity contribution in [3.8, 4) is 40.2 Å². The van der Waals surface area contributed by atoms with E-state index >= 15 is 0 Å². The van der Waals surface area contributed by atoms with Crippen molar-refractivity contribution in [1.82, 2.24) is 52.8 Å². The van der Waals surface area contributed by atoms with Crippen LogP contribution in [0.5, 0.6) is 40.2 Å². The Morgan fingerprint density at radius 2 is 0.675 bits per heavy atom. The number of amides is 4. The minimum absolute atomic E-state index is 0. The van der Waals surface area contributed by atoms with Gasteiger partial charge in [-0.15, -0.1) is 0 Å². The van der Waals surface area contributed by atoms with E-state index in [0.717, 1.165) is 27.0 Å². The van der Waals surface area contributed by atoms with Crippen molar-refractivity contribution in [3.05, 3.63) is 305 Å². The van der Waals surface area contributed by atoms with Crippen molar-refractivity contribution in [1.29, 1.82) is 0 Å². The number of nitrogens with one attached hydrogen (secondary N) is 3. The molecule has 10 aromatic rings. The number of carboxylic acid groups (broad SMARTS) is 2. The Kier molecular flexibility index (Phi) is 47.9. The number of aromatic carboxylic acids is 2. The van der Waals surface area contributed by atoms with E-state index in [-0.39, 0.29) is 196 Å². The molecule has 1 saturated heterocycles. The van der Waals surface area contributed by atoms with Gasteiger partial charge in [0.05, 0.1) is 22.3 Å². The zero-order chi connectivity index (χ0) is 85.9. The minimum atomic E-state index is -1.31. The van der Waals surface area contributed by atoms with Crippen LogP contribution in [0.15, 0.2) is 216 Å². The van der Waals surface area contributed by atoms with Crippen LogP contribution in [0.3, 0.4) is 0 Å². The maximum atomic E-state index is 12.7. The van der Waals surface area contributed by atoms with E-state index in [1.807, 2.05) is 91.0 Å². The number of carbonyl (C=O) groups is 6. The number of carboxylic acids is 2. The third-order valence-corrected chi connectivity index (χ3v) is 17.3. The fraction of sp³-hybridized carbons (Fsp3) is 0.231. The Morgan fingerprint density at radius 3 is 0.992 bits per heavy atom. The van der Waals surface area contributed by atoms with Crippen molar-refractivity contribution in [3.63, 3.8) is 0 Å². The van der Waals surface area contributed by atoms with Crippen LogP contribution in [0.2, 0.25) is 0 Å². The van der Waals surface area contributed by atoms with Crippen molar-refractivity contribution in [2.24, 2.45) is 66.5 Å². The average molecular weight is 1990 g/mol. The third-order valence-electron chi connectivity index (χ3n) is 15.9. The van der Waals surface area contributed by atoms with Crippen LogP contribution in [0.4, 0.5) is 0 Å². The maximum absolute atomic E-state index is 12.7. The number of benzene rings is 3. The molecule has 7 aromatic heterocycles. The number of aromatic nitrogens is 7. The molecule has 0 saturated carbocycles. The molecule has 19 N–H and O–H groups in total. The summed E-state index contributed by atoms with van der Waals surface area (Å²) in [6.07, 6.45) is 10.2. The molecule has 643 valence electrons. The Hall–Kier alpha value is -11.4. The Bertz CT molecular complexity index is 5450. The molecular weight excluding hydrogens is 1900 g/mol. The van der Waals surface area contributed by atoms with Gasteiger partial charge < -0.3 is 121 Å². The summed E-state index contributed by atoms with van der Waals surface area (Å²) in [6, 6.07) is 39.6. The van der Waals surface area contributed by atoms with Gasteiger partial charge in [0.2, 0.25) is 0 Å². The molecule has 120 heavy (non-hydrogen) atoms. The van der Waals surface area contributed by atoms with E-state index < -0.39 is 63.2 Å². The number of pyridine rings is 7. The minimum Gasteiger partial charge on any atom is -0.503 e. The van der Waals surface area contributed by atoms with Gasteiger partial charge in [0.15, 0.2) is 40.2 Å². The van der Waals surface area contributed by atoms with Gasteiger partial charge in [-0.05, 0) is 65.2 Å². The second-order valence-corrected chi connectivity index (χ2v) is 26.1. The number of rotatable bonds is 21. The summed E-state index contributed by atoms with van der Waals surface area (Å²) < 4.78 is 26.1. The first-order valence-electron chi connectivity index (χ1n) is 34.7. The van der Waals surface area contributed by atoms with Crippen molar-refractivity contribution in [2.45, 2.75) is 19.8 Å². The Morgan fingerprint density at radius 1 is 0.392 bits per heavy atom. The summed E-state index contributed by atoms with van der Waals surface area (Å²) in [5.41, 5.74) is 14.9. The van der Waals surface area contributed by atoms with Gasteiger partial charge in [-0.2, -0.15) is 0 Å². The molecule has 3 aromatic carbocycles. The fourth-order valence-electron chi connectivity index (χ4n) is 9.47. The molecule has 0 aliphatic carbocycles. The first-order valence-corrected chi connectivity index (χ1v) is 36.1. The summed E-state index contributed by atoms with van der Waals surface area (Å²) >= 11 is 6.67. The van der Waals surface area contributed by atoms with Crippen LogP contribution < -0.4 is 86.3 Å². The van der Waals surface area contributed by atoms with Gasteiger partial charge in [0.1, 0.15) is 35.3 Å². The normalized spacial score (nSPS) is 10.5. The Balaban J connectivity index is 0.000000709. The number of carbonyl (C=O) groups excluding carboxylic acids is 4. The van der Waals surface area contributed by atoms with Crippen LogP contribution in [-0.4, -0.2) is 170 Å². The molecule has 42 heteroatoms. The van der Waals surface area contributed by atoms with Gasteiger partial charge in [0.25, 0.3) is 62.5 Å². The molecule has 1 aliphatic rings. The molecule has 0 atom stereocenters. The summed E-state index contributed by atoms with van der Waals surface area (Å²) in [4.78, 5) is 151. The molecule has 11 rings (SSSR count). The van der Waals surface area contributed by atoms with E-state index in [0.29, 0.717) is 50.1 Å². The summed E-state index contributed by atoms with van der Waals surface area (Å²) in [6.45, 7) is 3.02. The second kappa shape index (κ2) is 53.9. The largest absolute Gasteiger partial charge is 3.00 e. The molecule has 8 heterocycles. The number of nitrogens with zero attached hydrogens (tertiary/aromatic N) is 8. The number of hydrogen-bond donors (Lipinski definition) is 12. The predicted molar refractivity (Wildman–Crippen MR) is 442 cm³/mol. The molecule has 0 bridgehead atoms. The summed E-state index contributed by atoms with van der Waals surface area (Å²) in [5.74, 6) is -5.45. The number of nitrogens with two attached hydrogens (primary N) is 3. The van der Waals surface area contributed by atoms with Crippen LogP contribution in [0.25, 0.3) is 0 Å². The van der Waals surface area contributed by atoms with E-state index in [4.69, 9.17) is 64.1 Å². The Labute approximate surface area is 758 Å². The molecule has 1 radical (unpaired) electrons. The van der Waals surface area contributed by atoms with E-state index in [1.165, 1.54) is 127 Å². The number of aromatic hydroxyl groups is 4. The van der Waals surface area contributed by atoms with Gasteiger partial charge in [-0.25, -0.2) is 9.59 Å². The van der Waals surface area contributed by atoms with E-state index in [2.05, 4.69) is 16.0 Å². The number of ether oxygens (including phenoxy) is 3. The van der Waals surface area contributed by atoms with Crippen LogP contribution in [0.1, 0.15) is 78.8 Å². The van der Waals surface area contributed by atoms with Crippen molar-refractivity contribution < 1.29 is 164 Å². The predicted octanol–water partition coefficient (Wildman–Crippen LogP) is 0.543. The van der Waals surface area contributed by atoms with Gasteiger partial charge in [-0.3, -0.25) is 57.6 Å². The number of thioether (sulfide) groups is 1. The molecule has 1 aliphatic heterocycles. The first-order chi connectivity index (χ1) is 55.2. The number of thiocarbonyl (C=S) groups is 1. The van der Waals surface area contributed by atoms with Crippen molar-refractivity contribution in [2.75, 3.05) is 51.6 Å². The SMILES string of the molecule is Cn1ccc(C(=O)N2CCSC2=S)c(OCc2ccccc2)c1=O.Cn1ccc(C(=O)NCCN)c(O)c1=O.Cn1ccc(C(=O)NCCN)c(O)c1=O.Cn1ccc(C(=O)NCCN)c(OCc2ccccc2)c1=O.Cn1ccc(C(=O)O)c(O)c1=O.Cn1ccc(C(=O)O)c(OCc2ccccc2)c1=O.Cn1cccc(O)c1=O.O.O.[Gd+3].[Gd]. The zero-order valence-corrected chi connectivity index (χ0v) is 71.8. The molecule has 1 fully saturated rings. The summed E-state index contributed by atoms with van der Waals surface area (Å²) in [5, 5.41) is 61.7. The second-order valence-electron chi connectivity index (χ2n) is 24.4. The molecule has 0 unspecified atom stereocenters. The molecular formula is C78H92Gd2N14O24S2+3. The first kappa shape index (κ1) is 107. The topological polar surface area (TPSA) is 586 Å². The van der Waals surface area contributed by atoms with Gasteiger partial charge >= 0.3 is 51.9 Å². The van der Waals surface area contributed by atoms with Crippen LogP contribution in [-0.2, 0) is 69.2 Å². The van der Waals surface area contributed by atoms with Crippen molar-refractivity contribution >= 4 is 63.9 Å². The quantitative estimate of drug-likeness (QED) is 0.0437. The summed E-state index contributed by atoms with van der Waals surface area (Å²) in [7, 11) is 10.8. The average Bonchev–Trinajstić information content (AvgIpc) is 1.56. The molecule has 0 spiro atoms. The zero-order valence-electron chi connectivity index (χ0n) is 65.6.